The van der Waals surface area contributed by atoms with Crippen LogP contribution in [0.4, 0.5) is 0 Å². The summed E-state index contributed by atoms with van der Waals surface area (Å²) < 4.78 is 6.58. The van der Waals surface area contributed by atoms with Crippen molar-refractivity contribution in [2.24, 2.45) is 0 Å². The Morgan fingerprint density at radius 3 is 2.53 bits per heavy atom. The molecule has 19 heavy (non-hydrogen) atoms. The standard InChI is InChI=1S/C12H20N2O4Si/c1-9(15)10-7-11(16)13-12(17)14(10)8-18-5-6-19(2,3)4/h7H,5-6,8H2,1-4H3,(H,13,16,17). The second-order valence-corrected chi connectivity index (χ2v) is 11.3. The number of carbonyl (C=O) groups excluding carboxylic acids is 1. The second kappa shape index (κ2) is 6.11. The van der Waals surface area contributed by atoms with Gasteiger partial charge in [0.15, 0.2) is 5.78 Å². The van der Waals surface area contributed by atoms with E-state index in [1.165, 1.54) is 6.92 Å². The molecule has 7 heteroatoms. The minimum Gasteiger partial charge on any atom is -0.361 e. The van der Waals surface area contributed by atoms with Crippen molar-refractivity contribution in [1.82, 2.24) is 9.55 Å². The molecule has 0 unspecified atom stereocenters. The minimum absolute atomic E-state index is 0.0188. The van der Waals surface area contributed by atoms with Gasteiger partial charge in [-0.1, -0.05) is 19.6 Å². The topological polar surface area (TPSA) is 81.2 Å². The fourth-order valence-corrected chi connectivity index (χ4v) is 2.23. The lowest BCUT2D eigenvalue weighted by atomic mass is 10.3. The molecule has 6 nitrogen and oxygen atoms in total. The molecule has 0 amide bonds. The van der Waals surface area contributed by atoms with Crippen molar-refractivity contribution in [3.05, 3.63) is 32.6 Å². The SMILES string of the molecule is CC(=O)c1cc(=O)[nH]c(=O)n1COCC[Si](C)(C)C. The molecular formula is C12H20N2O4Si. The summed E-state index contributed by atoms with van der Waals surface area (Å²) in [4.78, 5) is 36.3. The Labute approximate surface area is 112 Å². The molecule has 1 heterocycles. The highest BCUT2D eigenvalue weighted by Crippen LogP contribution is 2.07. The predicted molar refractivity (Wildman–Crippen MR) is 75.4 cm³/mol. The molecular weight excluding hydrogens is 264 g/mol. The lowest BCUT2D eigenvalue weighted by molar-refractivity contribution is 0.0777. The Kier molecular flexibility index (Phi) is 5.02. The monoisotopic (exact) mass is 284 g/mol. The van der Waals surface area contributed by atoms with Crippen molar-refractivity contribution >= 4 is 13.9 Å². The average molecular weight is 284 g/mol. The van der Waals surface area contributed by atoms with Gasteiger partial charge in [-0.15, -0.1) is 0 Å². The van der Waals surface area contributed by atoms with Gasteiger partial charge in [-0.05, 0) is 6.04 Å². The molecule has 0 aromatic carbocycles. The summed E-state index contributed by atoms with van der Waals surface area (Å²) in [6.45, 7) is 8.51. The van der Waals surface area contributed by atoms with Crippen LogP contribution in [0.5, 0.6) is 0 Å². The molecule has 0 saturated heterocycles. The molecule has 1 aromatic heterocycles. The molecule has 0 spiro atoms. The van der Waals surface area contributed by atoms with E-state index in [1.807, 2.05) is 0 Å². The third-order valence-electron chi connectivity index (χ3n) is 2.61. The van der Waals surface area contributed by atoms with Crippen LogP contribution in [0.2, 0.25) is 25.7 Å². The number of hydrogen-bond donors (Lipinski definition) is 1. The summed E-state index contributed by atoms with van der Waals surface area (Å²) in [7, 11) is -1.19. The van der Waals surface area contributed by atoms with Gasteiger partial charge in [0.2, 0.25) is 0 Å². The van der Waals surface area contributed by atoms with Crippen molar-refractivity contribution in [3.8, 4) is 0 Å². The van der Waals surface area contributed by atoms with Gasteiger partial charge in [-0.2, -0.15) is 0 Å². The summed E-state index contributed by atoms with van der Waals surface area (Å²) >= 11 is 0. The first-order valence-electron chi connectivity index (χ1n) is 6.13. The Bertz CT molecular complexity index is 568. The van der Waals surface area contributed by atoms with E-state index in [2.05, 4.69) is 24.6 Å². The van der Waals surface area contributed by atoms with Crippen molar-refractivity contribution in [1.29, 1.82) is 0 Å². The fraction of sp³-hybridized carbons (Fsp3) is 0.583. The van der Waals surface area contributed by atoms with Gasteiger partial charge in [0.25, 0.3) is 5.56 Å². The fourth-order valence-electron chi connectivity index (χ4n) is 1.47. The van der Waals surface area contributed by atoms with E-state index in [0.717, 1.165) is 16.7 Å². The number of aromatic nitrogens is 2. The summed E-state index contributed by atoms with van der Waals surface area (Å²) in [6.07, 6.45) is 0. The van der Waals surface area contributed by atoms with Crippen LogP contribution >= 0.6 is 0 Å². The zero-order chi connectivity index (χ0) is 14.6. The van der Waals surface area contributed by atoms with E-state index in [1.54, 1.807) is 0 Å². The lowest BCUT2D eigenvalue weighted by Crippen LogP contribution is -2.34. The summed E-state index contributed by atoms with van der Waals surface area (Å²) in [5, 5.41) is 0. The molecule has 0 aliphatic rings. The highest BCUT2D eigenvalue weighted by molar-refractivity contribution is 6.76. The maximum absolute atomic E-state index is 11.6. The highest BCUT2D eigenvalue weighted by Gasteiger charge is 2.13. The van der Waals surface area contributed by atoms with Crippen LogP contribution in [-0.2, 0) is 11.5 Å². The first-order chi connectivity index (χ1) is 8.70. The molecule has 1 rings (SSSR count). The zero-order valence-electron chi connectivity index (χ0n) is 11.8. The summed E-state index contributed by atoms with van der Waals surface area (Å²) in [5.41, 5.74) is -1.12. The molecule has 0 fully saturated rings. The number of aromatic amines is 1. The number of nitrogens with one attached hydrogen (secondary N) is 1. The zero-order valence-corrected chi connectivity index (χ0v) is 12.8. The van der Waals surface area contributed by atoms with Crippen LogP contribution in [0, 0.1) is 0 Å². The van der Waals surface area contributed by atoms with E-state index < -0.39 is 19.3 Å². The van der Waals surface area contributed by atoms with E-state index >= 15 is 0 Å². The Morgan fingerprint density at radius 1 is 1.37 bits per heavy atom. The molecule has 106 valence electrons. The number of ether oxygens (including phenoxy) is 1. The number of nitrogens with zero attached hydrogens (tertiary/aromatic N) is 1. The number of Topliss-reactive ketones (excluding diaryl/α,β-unsaturated/α-hetero) is 1. The van der Waals surface area contributed by atoms with Gasteiger partial charge in [0, 0.05) is 27.7 Å². The van der Waals surface area contributed by atoms with E-state index in [0.29, 0.717) is 6.61 Å². The van der Waals surface area contributed by atoms with E-state index in [4.69, 9.17) is 4.74 Å². The minimum atomic E-state index is -1.19. The summed E-state index contributed by atoms with van der Waals surface area (Å²) in [5.74, 6) is -0.336. The highest BCUT2D eigenvalue weighted by atomic mass is 28.3. The molecule has 0 saturated carbocycles. The smallest absolute Gasteiger partial charge is 0.330 e. The van der Waals surface area contributed by atoms with Crippen molar-refractivity contribution < 1.29 is 9.53 Å². The molecule has 0 atom stereocenters. The van der Waals surface area contributed by atoms with Crippen LogP contribution in [0.25, 0.3) is 0 Å². The number of carbonyl (C=O) groups is 1. The molecule has 0 bridgehead atoms. The average Bonchev–Trinajstić information content (AvgIpc) is 2.24. The first-order valence-corrected chi connectivity index (χ1v) is 9.84. The van der Waals surface area contributed by atoms with Gasteiger partial charge in [0.05, 0.1) is 5.69 Å². The number of H-pyrrole nitrogens is 1. The second-order valence-electron chi connectivity index (χ2n) is 5.66. The Hall–Kier alpha value is -1.47. The van der Waals surface area contributed by atoms with Crippen molar-refractivity contribution in [2.45, 2.75) is 39.3 Å². The Balaban J connectivity index is 2.81. The van der Waals surface area contributed by atoms with Crippen LogP contribution in [0.1, 0.15) is 17.4 Å². The normalized spacial score (nSPS) is 11.6. The largest absolute Gasteiger partial charge is 0.361 e. The third kappa shape index (κ3) is 4.96. The molecule has 1 aromatic rings. The van der Waals surface area contributed by atoms with Gasteiger partial charge < -0.3 is 4.74 Å². The maximum atomic E-state index is 11.6. The van der Waals surface area contributed by atoms with Crippen molar-refractivity contribution in [3.63, 3.8) is 0 Å². The summed E-state index contributed by atoms with van der Waals surface area (Å²) in [6, 6.07) is 2.09. The van der Waals surface area contributed by atoms with E-state index in [-0.39, 0.29) is 18.2 Å². The molecule has 0 radical (unpaired) electrons. The van der Waals surface area contributed by atoms with Crippen LogP contribution < -0.4 is 11.2 Å². The van der Waals surface area contributed by atoms with Gasteiger partial charge in [0.1, 0.15) is 6.73 Å². The third-order valence-corrected chi connectivity index (χ3v) is 4.32. The predicted octanol–water partition coefficient (Wildman–Crippen LogP) is 1.05. The number of rotatable bonds is 6. The first kappa shape index (κ1) is 15.6. The van der Waals surface area contributed by atoms with Crippen LogP contribution in [0.3, 0.4) is 0 Å². The molecule has 0 aliphatic heterocycles. The number of ketones is 1. The van der Waals surface area contributed by atoms with Gasteiger partial charge in [-0.25, -0.2) is 4.79 Å². The van der Waals surface area contributed by atoms with Gasteiger partial charge >= 0.3 is 5.69 Å². The quantitative estimate of drug-likeness (QED) is 0.481. The van der Waals surface area contributed by atoms with Crippen LogP contribution in [0.15, 0.2) is 15.7 Å². The van der Waals surface area contributed by atoms with Gasteiger partial charge in [-0.3, -0.25) is 19.1 Å². The van der Waals surface area contributed by atoms with Crippen LogP contribution in [-0.4, -0.2) is 30.0 Å². The maximum Gasteiger partial charge on any atom is 0.330 e. The molecule has 0 aliphatic carbocycles. The lowest BCUT2D eigenvalue weighted by Gasteiger charge is -2.16. The molecule has 1 N–H and O–H groups in total. The number of hydrogen-bond acceptors (Lipinski definition) is 4. The van der Waals surface area contributed by atoms with E-state index in [9.17, 15) is 14.4 Å². The Morgan fingerprint density at radius 2 is 2.00 bits per heavy atom. The van der Waals surface area contributed by atoms with Crippen molar-refractivity contribution in [2.75, 3.05) is 6.61 Å².